The Morgan fingerprint density at radius 1 is 1.14 bits per heavy atom. The van der Waals surface area contributed by atoms with Crippen molar-refractivity contribution in [2.45, 2.75) is 45.1 Å². The molecule has 2 aliphatic rings. The van der Waals surface area contributed by atoms with Gasteiger partial charge < -0.3 is 4.42 Å². The van der Waals surface area contributed by atoms with Crippen LogP contribution in [0.1, 0.15) is 59.7 Å². The van der Waals surface area contributed by atoms with Crippen LogP contribution in [-0.4, -0.2) is 29.8 Å². The first kappa shape index (κ1) is 18.4. The van der Waals surface area contributed by atoms with Gasteiger partial charge in [0.1, 0.15) is 5.58 Å². The van der Waals surface area contributed by atoms with Gasteiger partial charge in [-0.05, 0) is 67.6 Å². The fourth-order valence-electron chi connectivity index (χ4n) is 4.83. The molecule has 0 aliphatic carbocycles. The summed E-state index contributed by atoms with van der Waals surface area (Å²) in [7, 11) is 0. The van der Waals surface area contributed by atoms with Gasteiger partial charge in [0.2, 0.25) is 0 Å². The molecule has 3 heterocycles. The van der Waals surface area contributed by atoms with Gasteiger partial charge in [0.05, 0.1) is 6.26 Å². The molecular formula is C26H27NO2. The average Bonchev–Trinajstić information content (AvgIpc) is 3.21. The molecule has 1 atom stereocenters. The third-order valence-electron chi connectivity index (χ3n) is 6.56. The molecule has 2 aromatic carbocycles. The molecule has 0 radical (unpaired) electrons. The van der Waals surface area contributed by atoms with E-state index in [1.54, 1.807) is 0 Å². The zero-order chi connectivity index (χ0) is 19.8. The van der Waals surface area contributed by atoms with Crippen molar-refractivity contribution >= 4 is 22.3 Å². The van der Waals surface area contributed by atoms with Crippen molar-refractivity contribution in [3.63, 3.8) is 0 Å². The summed E-state index contributed by atoms with van der Waals surface area (Å²) in [5.74, 6) is 0.0745. The van der Waals surface area contributed by atoms with Crippen LogP contribution in [0.3, 0.4) is 0 Å². The molecule has 29 heavy (non-hydrogen) atoms. The van der Waals surface area contributed by atoms with Crippen LogP contribution < -0.4 is 0 Å². The van der Waals surface area contributed by atoms with Crippen molar-refractivity contribution in [2.75, 3.05) is 13.1 Å². The molecular weight excluding hydrogens is 358 g/mol. The van der Waals surface area contributed by atoms with E-state index in [2.05, 4.69) is 24.0 Å². The number of hydrogen-bond donors (Lipinski definition) is 0. The van der Waals surface area contributed by atoms with Crippen LogP contribution in [0.2, 0.25) is 0 Å². The lowest BCUT2D eigenvalue weighted by Gasteiger charge is -2.38. The number of nitrogens with zero attached hydrogens (tertiary/aromatic N) is 1. The number of hydrogen-bond acceptors (Lipinski definition) is 3. The molecule has 3 heteroatoms. The normalized spacial score (nSPS) is 19.8. The Labute approximate surface area is 172 Å². The molecule has 1 aromatic heterocycles. The van der Waals surface area contributed by atoms with Gasteiger partial charge in [-0.2, -0.15) is 0 Å². The summed E-state index contributed by atoms with van der Waals surface area (Å²) in [5.41, 5.74) is 6.04. The fraction of sp³-hybridized carbons (Fsp3) is 0.346. The van der Waals surface area contributed by atoms with E-state index >= 15 is 0 Å². The molecule has 3 aromatic rings. The molecule has 1 fully saturated rings. The highest BCUT2D eigenvalue weighted by atomic mass is 16.3. The molecule has 0 N–H and O–H groups in total. The number of fused-ring (bicyclic) bond motifs is 2. The molecule has 0 saturated carbocycles. The summed E-state index contributed by atoms with van der Waals surface area (Å²) in [4.78, 5) is 15.7. The Morgan fingerprint density at radius 3 is 2.93 bits per heavy atom. The number of ketones is 1. The van der Waals surface area contributed by atoms with Crippen molar-refractivity contribution < 1.29 is 9.21 Å². The summed E-state index contributed by atoms with van der Waals surface area (Å²) in [6.07, 6.45) is 10.2. The van der Waals surface area contributed by atoms with E-state index in [-0.39, 0.29) is 5.78 Å². The number of aryl methyl sites for hydroxylation is 1. The topological polar surface area (TPSA) is 33.5 Å². The Balaban J connectivity index is 1.49. The highest BCUT2D eigenvalue weighted by Crippen LogP contribution is 2.36. The third kappa shape index (κ3) is 3.44. The van der Waals surface area contributed by atoms with Gasteiger partial charge in [0, 0.05) is 34.7 Å². The van der Waals surface area contributed by atoms with Crippen LogP contribution in [0, 0.1) is 0 Å². The number of piperidine rings is 1. The zero-order valence-electron chi connectivity index (χ0n) is 17.0. The Bertz CT molecular complexity index is 1090. The molecule has 0 amide bonds. The van der Waals surface area contributed by atoms with Crippen LogP contribution in [0.15, 0.2) is 59.2 Å². The SMILES string of the molecule is CCc1cccc(C(=O)c2ccc3occ(C4=CCN5CCCCC5C4)c3c2)c1. The van der Waals surface area contributed by atoms with E-state index in [9.17, 15) is 4.79 Å². The van der Waals surface area contributed by atoms with Gasteiger partial charge in [-0.15, -0.1) is 0 Å². The predicted molar refractivity (Wildman–Crippen MR) is 117 cm³/mol. The van der Waals surface area contributed by atoms with E-state index in [0.717, 1.165) is 47.0 Å². The standard InChI is InChI=1S/C26H27NO2/c1-2-18-6-5-7-20(14-18)26(28)21-9-10-25-23(16-21)24(17-29-25)19-11-13-27-12-4-3-8-22(27)15-19/h5-7,9-11,14,16-17,22H,2-4,8,12-13,15H2,1H3. The molecule has 0 bridgehead atoms. The summed E-state index contributed by atoms with van der Waals surface area (Å²) in [5, 5.41) is 1.05. The Hall–Kier alpha value is -2.65. The first-order chi connectivity index (χ1) is 14.2. The largest absolute Gasteiger partial charge is 0.464 e. The number of carbonyl (C=O) groups excluding carboxylic acids is 1. The molecule has 5 rings (SSSR count). The Kier molecular flexibility index (Phi) is 4.84. The second-order valence-corrected chi connectivity index (χ2v) is 8.32. The summed E-state index contributed by atoms with van der Waals surface area (Å²) >= 11 is 0. The van der Waals surface area contributed by atoms with Crippen molar-refractivity contribution in [3.8, 4) is 0 Å². The van der Waals surface area contributed by atoms with Gasteiger partial charge in [0.15, 0.2) is 5.78 Å². The summed E-state index contributed by atoms with van der Waals surface area (Å²) < 4.78 is 5.85. The molecule has 0 spiro atoms. The monoisotopic (exact) mass is 385 g/mol. The number of furan rings is 1. The van der Waals surface area contributed by atoms with Gasteiger partial charge in [-0.3, -0.25) is 9.69 Å². The molecule has 148 valence electrons. The molecule has 1 unspecified atom stereocenters. The lowest BCUT2D eigenvalue weighted by Crippen LogP contribution is -2.41. The number of carbonyl (C=O) groups is 1. The average molecular weight is 386 g/mol. The minimum absolute atomic E-state index is 0.0745. The quantitative estimate of drug-likeness (QED) is 0.527. The highest BCUT2D eigenvalue weighted by molar-refractivity contribution is 6.11. The highest BCUT2D eigenvalue weighted by Gasteiger charge is 2.27. The second kappa shape index (κ2) is 7.64. The van der Waals surface area contributed by atoms with E-state index in [0.29, 0.717) is 6.04 Å². The van der Waals surface area contributed by atoms with Crippen LogP contribution >= 0.6 is 0 Å². The second-order valence-electron chi connectivity index (χ2n) is 8.32. The maximum atomic E-state index is 13.1. The molecule has 1 saturated heterocycles. The number of benzene rings is 2. The zero-order valence-corrected chi connectivity index (χ0v) is 17.0. The van der Waals surface area contributed by atoms with Gasteiger partial charge in [0.25, 0.3) is 0 Å². The van der Waals surface area contributed by atoms with Crippen LogP contribution in [0.4, 0.5) is 0 Å². The molecule has 3 nitrogen and oxygen atoms in total. The van der Waals surface area contributed by atoms with Crippen molar-refractivity contribution in [2.24, 2.45) is 0 Å². The van der Waals surface area contributed by atoms with Crippen molar-refractivity contribution in [1.82, 2.24) is 4.90 Å². The molecule has 2 aliphatic heterocycles. The van der Waals surface area contributed by atoms with Crippen LogP contribution in [-0.2, 0) is 6.42 Å². The van der Waals surface area contributed by atoms with Crippen LogP contribution in [0.25, 0.3) is 16.5 Å². The smallest absolute Gasteiger partial charge is 0.193 e. The number of rotatable bonds is 4. The lowest BCUT2D eigenvalue weighted by atomic mass is 9.88. The van der Waals surface area contributed by atoms with Gasteiger partial charge in [-0.25, -0.2) is 0 Å². The maximum Gasteiger partial charge on any atom is 0.193 e. The minimum Gasteiger partial charge on any atom is -0.464 e. The van der Waals surface area contributed by atoms with E-state index in [1.165, 1.54) is 36.9 Å². The predicted octanol–water partition coefficient (Wildman–Crippen LogP) is 5.87. The van der Waals surface area contributed by atoms with E-state index < -0.39 is 0 Å². The maximum absolute atomic E-state index is 13.1. The first-order valence-electron chi connectivity index (χ1n) is 10.8. The Morgan fingerprint density at radius 2 is 2.03 bits per heavy atom. The van der Waals surface area contributed by atoms with Crippen molar-refractivity contribution in [1.29, 1.82) is 0 Å². The van der Waals surface area contributed by atoms with Gasteiger partial charge in [-0.1, -0.05) is 37.6 Å². The lowest BCUT2D eigenvalue weighted by molar-refractivity contribution is 0.103. The minimum atomic E-state index is 0.0745. The van der Waals surface area contributed by atoms with Gasteiger partial charge >= 0.3 is 0 Å². The van der Waals surface area contributed by atoms with E-state index in [4.69, 9.17) is 4.42 Å². The van der Waals surface area contributed by atoms with E-state index in [1.807, 2.05) is 42.7 Å². The van der Waals surface area contributed by atoms with Crippen LogP contribution in [0.5, 0.6) is 0 Å². The fourth-order valence-corrected chi connectivity index (χ4v) is 4.83. The summed E-state index contributed by atoms with van der Waals surface area (Å²) in [6.45, 7) is 4.35. The first-order valence-corrected chi connectivity index (χ1v) is 10.8. The van der Waals surface area contributed by atoms with Crippen molar-refractivity contribution in [3.05, 3.63) is 77.1 Å². The third-order valence-corrected chi connectivity index (χ3v) is 6.56. The summed E-state index contributed by atoms with van der Waals surface area (Å²) in [6, 6.07) is 14.4.